The van der Waals surface area contributed by atoms with Gasteiger partial charge in [-0.25, -0.2) is 4.39 Å². The van der Waals surface area contributed by atoms with Crippen LogP contribution < -0.4 is 15.2 Å². The van der Waals surface area contributed by atoms with Crippen molar-refractivity contribution in [2.75, 3.05) is 20.8 Å². The van der Waals surface area contributed by atoms with Crippen molar-refractivity contribution in [1.29, 1.82) is 0 Å². The molecule has 90 valence electrons. The molecule has 0 fully saturated rings. The topological polar surface area (TPSA) is 44.5 Å². The number of methoxy groups -OCH3 is 2. The lowest BCUT2D eigenvalue weighted by atomic mass is 10.00. The Morgan fingerprint density at radius 1 is 1.44 bits per heavy atom. The molecule has 0 aromatic heterocycles. The first kappa shape index (κ1) is 13.3. The Kier molecular flexibility index (Phi) is 4.56. The van der Waals surface area contributed by atoms with E-state index in [0.717, 1.165) is 0 Å². The third kappa shape index (κ3) is 2.30. The molecule has 2 N–H and O–H groups in total. The van der Waals surface area contributed by atoms with Crippen molar-refractivity contribution >= 4 is 15.9 Å². The Balaban J connectivity index is 3.40. The molecule has 0 aliphatic rings. The molecule has 1 atom stereocenters. The maximum absolute atomic E-state index is 13.8. The van der Waals surface area contributed by atoms with E-state index in [1.165, 1.54) is 20.3 Å². The van der Waals surface area contributed by atoms with Crippen molar-refractivity contribution in [3.8, 4) is 11.5 Å². The lowest BCUT2D eigenvalue weighted by molar-refractivity contribution is 0.349. The molecule has 0 heterocycles. The summed E-state index contributed by atoms with van der Waals surface area (Å²) in [6.45, 7) is 2.22. The van der Waals surface area contributed by atoms with Gasteiger partial charge in [0.1, 0.15) is 5.82 Å². The Bertz CT molecular complexity index is 385. The second kappa shape index (κ2) is 5.50. The number of hydrogen-bond donors (Lipinski definition) is 1. The summed E-state index contributed by atoms with van der Waals surface area (Å²) in [4.78, 5) is 0. The second-order valence-corrected chi connectivity index (χ2v) is 4.25. The van der Waals surface area contributed by atoms with Gasteiger partial charge in [0.25, 0.3) is 0 Å². The zero-order valence-corrected chi connectivity index (χ0v) is 11.1. The summed E-state index contributed by atoms with van der Waals surface area (Å²) in [5, 5.41) is 0. The predicted molar refractivity (Wildman–Crippen MR) is 64.7 cm³/mol. The normalized spacial score (nSPS) is 12.4. The molecule has 0 radical (unpaired) electrons. The van der Waals surface area contributed by atoms with Crippen LogP contribution in [0.3, 0.4) is 0 Å². The van der Waals surface area contributed by atoms with E-state index in [4.69, 9.17) is 15.2 Å². The van der Waals surface area contributed by atoms with Crippen LogP contribution in [0.2, 0.25) is 0 Å². The summed E-state index contributed by atoms with van der Waals surface area (Å²) < 4.78 is 24.6. The standard InChI is InChI=1S/C11H15BrFNO2/c1-6(5-14)9-7(13)4-8(15-2)11(16-3)10(9)12/h4,6H,5,14H2,1-3H3. The SMILES string of the molecule is COc1cc(F)c(C(C)CN)c(Br)c1OC. The molecule has 0 aliphatic heterocycles. The fourth-order valence-corrected chi connectivity index (χ4v) is 2.44. The number of benzene rings is 1. The molecule has 1 rings (SSSR count). The minimum Gasteiger partial charge on any atom is -0.493 e. The van der Waals surface area contributed by atoms with Gasteiger partial charge in [0.05, 0.1) is 18.7 Å². The van der Waals surface area contributed by atoms with E-state index in [-0.39, 0.29) is 11.7 Å². The highest BCUT2D eigenvalue weighted by molar-refractivity contribution is 9.10. The molecule has 0 saturated carbocycles. The summed E-state index contributed by atoms with van der Waals surface area (Å²) in [5.41, 5.74) is 6.06. The van der Waals surface area contributed by atoms with Crippen molar-refractivity contribution in [3.05, 3.63) is 21.9 Å². The average molecular weight is 292 g/mol. The van der Waals surface area contributed by atoms with Gasteiger partial charge in [0, 0.05) is 11.6 Å². The maximum atomic E-state index is 13.8. The van der Waals surface area contributed by atoms with Crippen LogP contribution in [0.25, 0.3) is 0 Å². The van der Waals surface area contributed by atoms with Gasteiger partial charge in [-0.1, -0.05) is 6.92 Å². The Morgan fingerprint density at radius 2 is 2.06 bits per heavy atom. The van der Waals surface area contributed by atoms with Crippen LogP contribution in [0.15, 0.2) is 10.5 Å². The lowest BCUT2D eigenvalue weighted by Crippen LogP contribution is -2.12. The largest absolute Gasteiger partial charge is 0.493 e. The molecule has 1 unspecified atom stereocenters. The fraction of sp³-hybridized carbons (Fsp3) is 0.455. The molecule has 0 saturated heterocycles. The van der Waals surface area contributed by atoms with E-state index in [9.17, 15) is 4.39 Å². The molecule has 5 heteroatoms. The highest BCUT2D eigenvalue weighted by Crippen LogP contribution is 2.41. The van der Waals surface area contributed by atoms with Gasteiger partial charge in [-0.15, -0.1) is 0 Å². The molecule has 0 aliphatic carbocycles. The Labute approximate surface area is 103 Å². The van der Waals surface area contributed by atoms with Crippen molar-refractivity contribution < 1.29 is 13.9 Å². The van der Waals surface area contributed by atoms with Crippen molar-refractivity contribution in [3.63, 3.8) is 0 Å². The van der Waals surface area contributed by atoms with E-state index in [0.29, 0.717) is 28.1 Å². The summed E-state index contributed by atoms with van der Waals surface area (Å²) in [6.07, 6.45) is 0. The molecule has 0 bridgehead atoms. The van der Waals surface area contributed by atoms with E-state index >= 15 is 0 Å². The van der Waals surface area contributed by atoms with Crippen LogP contribution in [0.4, 0.5) is 4.39 Å². The molecule has 16 heavy (non-hydrogen) atoms. The lowest BCUT2D eigenvalue weighted by Gasteiger charge is -2.17. The minimum absolute atomic E-state index is 0.0887. The Hall–Kier alpha value is -0.810. The van der Waals surface area contributed by atoms with Gasteiger partial charge >= 0.3 is 0 Å². The van der Waals surface area contributed by atoms with E-state index in [1.807, 2.05) is 6.92 Å². The van der Waals surface area contributed by atoms with Crippen LogP contribution in [0, 0.1) is 5.82 Å². The molecule has 1 aromatic rings. The molecule has 1 aromatic carbocycles. The predicted octanol–water partition coefficient (Wildman–Crippen LogP) is 2.67. The first-order valence-electron chi connectivity index (χ1n) is 4.86. The molecule has 0 amide bonds. The highest BCUT2D eigenvalue weighted by Gasteiger charge is 2.21. The van der Waals surface area contributed by atoms with Crippen LogP contribution in [0.5, 0.6) is 11.5 Å². The summed E-state index contributed by atoms with van der Waals surface area (Å²) >= 11 is 3.32. The summed E-state index contributed by atoms with van der Waals surface area (Å²) in [6, 6.07) is 1.31. The second-order valence-electron chi connectivity index (χ2n) is 3.46. The van der Waals surface area contributed by atoms with Crippen molar-refractivity contribution in [2.24, 2.45) is 5.73 Å². The first-order valence-corrected chi connectivity index (χ1v) is 5.66. The van der Waals surface area contributed by atoms with Crippen molar-refractivity contribution in [1.82, 2.24) is 0 Å². The van der Waals surface area contributed by atoms with E-state index < -0.39 is 0 Å². The highest BCUT2D eigenvalue weighted by atomic mass is 79.9. The average Bonchev–Trinajstić information content (AvgIpc) is 2.27. The zero-order valence-electron chi connectivity index (χ0n) is 9.51. The van der Waals surface area contributed by atoms with Crippen molar-refractivity contribution in [2.45, 2.75) is 12.8 Å². The van der Waals surface area contributed by atoms with Crippen LogP contribution in [-0.2, 0) is 0 Å². The van der Waals surface area contributed by atoms with Crippen LogP contribution >= 0.6 is 15.9 Å². The number of ether oxygens (including phenoxy) is 2. The van der Waals surface area contributed by atoms with Crippen LogP contribution in [0.1, 0.15) is 18.4 Å². The summed E-state index contributed by atoms with van der Waals surface area (Å²) in [7, 11) is 2.98. The van der Waals surface area contributed by atoms with Gasteiger partial charge in [-0.2, -0.15) is 0 Å². The van der Waals surface area contributed by atoms with Gasteiger partial charge in [-0.3, -0.25) is 0 Å². The van der Waals surface area contributed by atoms with Gasteiger partial charge in [0.15, 0.2) is 11.5 Å². The molecule has 0 spiro atoms. The maximum Gasteiger partial charge on any atom is 0.175 e. The van der Waals surface area contributed by atoms with Gasteiger partial charge in [-0.05, 0) is 28.4 Å². The number of hydrogen-bond acceptors (Lipinski definition) is 3. The molecule has 3 nitrogen and oxygen atoms in total. The quantitative estimate of drug-likeness (QED) is 0.928. The summed E-state index contributed by atoms with van der Waals surface area (Å²) in [5.74, 6) is 0.413. The van der Waals surface area contributed by atoms with Crippen LogP contribution in [-0.4, -0.2) is 20.8 Å². The molecular weight excluding hydrogens is 277 g/mol. The number of halogens is 2. The zero-order chi connectivity index (χ0) is 12.3. The van der Waals surface area contributed by atoms with Gasteiger partial charge in [0.2, 0.25) is 0 Å². The Morgan fingerprint density at radius 3 is 2.50 bits per heavy atom. The number of rotatable bonds is 4. The van der Waals surface area contributed by atoms with Gasteiger partial charge < -0.3 is 15.2 Å². The molecular formula is C11H15BrFNO2. The monoisotopic (exact) mass is 291 g/mol. The smallest absolute Gasteiger partial charge is 0.175 e. The minimum atomic E-state index is -0.345. The third-order valence-electron chi connectivity index (χ3n) is 2.45. The number of nitrogens with two attached hydrogens (primary N) is 1. The van der Waals surface area contributed by atoms with E-state index in [1.54, 1.807) is 0 Å². The first-order chi connectivity index (χ1) is 7.56. The third-order valence-corrected chi connectivity index (χ3v) is 3.23. The van der Waals surface area contributed by atoms with E-state index in [2.05, 4.69) is 15.9 Å². The fourth-order valence-electron chi connectivity index (χ4n) is 1.51.